The van der Waals surface area contributed by atoms with E-state index in [1.165, 1.54) is 4.90 Å². The maximum atomic E-state index is 14.0. The number of carbonyl (C=O) groups excluding carboxylic acids is 3. The van der Waals surface area contributed by atoms with Gasteiger partial charge in [0.05, 0.1) is 22.9 Å². The van der Waals surface area contributed by atoms with Crippen molar-refractivity contribution in [3.05, 3.63) is 101 Å². The number of carbonyl (C=O) groups is 3. The van der Waals surface area contributed by atoms with Crippen LogP contribution in [0.25, 0.3) is 0 Å². The van der Waals surface area contributed by atoms with Gasteiger partial charge in [-0.2, -0.15) is 0 Å². The summed E-state index contributed by atoms with van der Waals surface area (Å²) in [6.45, 7) is 3.63. The van der Waals surface area contributed by atoms with Gasteiger partial charge in [0.2, 0.25) is 11.8 Å². The zero-order valence-corrected chi connectivity index (χ0v) is 18.0. The molecule has 0 unspecified atom stereocenters. The monoisotopic (exact) mass is 421 g/mol. The summed E-state index contributed by atoms with van der Waals surface area (Å²) in [5.74, 6) is -2.10. The zero-order valence-electron chi connectivity index (χ0n) is 18.0. The van der Waals surface area contributed by atoms with E-state index in [1.54, 1.807) is 6.92 Å². The van der Waals surface area contributed by atoms with E-state index in [4.69, 9.17) is 0 Å². The fraction of sp³-hybridized carbons (Fsp3) is 0.250. The summed E-state index contributed by atoms with van der Waals surface area (Å²) < 4.78 is 0. The van der Waals surface area contributed by atoms with Crippen molar-refractivity contribution in [2.75, 3.05) is 4.90 Å². The van der Waals surface area contributed by atoms with Crippen LogP contribution < -0.4 is 4.90 Å². The third-order valence-corrected chi connectivity index (χ3v) is 7.78. The first-order chi connectivity index (χ1) is 15.5. The number of Topliss-reactive ketones (excluding diaryl/α,β-unsaturated/α-hetero) is 1. The Hall–Kier alpha value is -3.53. The summed E-state index contributed by atoms with van der Waals surface area (Å²) in [5, 5.41) is 0. The lowest BCUT2D eigenvalue weighted by molar-refractivity contribution is -0.132. The van der Waals surface area contributed by atoms with Crippen molar-refractivity contribution in [1.82, 2.24) is 0 Å². The second-order valence-electron chi connectivity index (χ2n) is 9.05. The smallest absolute Gasteiger partial charge is 0.239 e. The van der Waals surface area contributed by atoms with Crippen molar-refractivity contribution in [2.45, 2.75) is 31.6 Å². The van der Waals surface area contributed by atoms with E-state index in [-0.39, 0.29) is 23.5 Å². The van der Waals surface area contributed by atoms with Gasteiger partial charge in [-0.1, -0.05) is 67.6 Å². The van der Waals surface area contributed by atoms with Crippen molar-refractivity contribution >= 4 is 23.3 Å². The van der Waals surface area contributed by atoms with Crippen LogP contribution in [0.5, 0.6) is 0 Å². The van der Waals surface area contributed by atoms with Crippen molar-refractivity contribution in [3.63, 3.8) is 0 Å². The molecule has 4 heteroatoms. The van der Waals surface area contributed by atoms with Crippen LogP contribution >= 0.6 is 0 Å². The summed E-state index contributed by atoms with van der Waals surface area (Å²) in [6.07, 6.45) is 0.883. The molecule has 0 radical (unpaired) electrons. The molecule has 1 aliphatic heterocycles. The van der Waals surface area contributed by atoms with Crippen molar-refractivity contribution in [1.29, 1.82) is 0 Å². The Kier molecular flexibility index (Phi) is 3.89. The molecule has 2 atom stereocenters. The molecule has 2 bridgehead atoms. The average Bonchev–Trinajstić information content (AvgIpc) is 3.09. The summed E-state index contributed by atoms with van der Waals surface area (Å²) in [5.41, 5.74) is 4.32. The lowest BCUT2D eigenvalue weighted by Gasteiger charge is -2.52. The minimum atomic E-state index is -1.14. The highest BCUT2D eigenvalue weighted by atomic mass is 16.2. The van der Waals surface area contributed by atoms with E-state index < -0.39 is 17.3 Å². The van der Waals surface area contributed by atoms with Gasteiger partial charge in [0.15, 0.2) is 0 Å². The van der Waals surface area contributed by atoms with Gasteiger partial charge < -0.3 is 0 Å². The molecule has 0 N–H and O–H groups in total. The summed E-state index contributed by atoms with van der Waals surface area (Å²) >= 11 is 0. The SMILES string of the molecule is CCc1ccc(N2C(=O)[C@H]3C4c5ccccc5C(C(C)=O)(c5ccccc54)[C@H]3C2=O)cc1. The summed E-state index contributed by atoms with van der Waals surface area (Å²) in [4.78, 5) is 42.7. The molecule has 0 saturated carbocycles. The molecule has 4 aliphatic rings. The Labute approximate surface area is 186 Å². The number of hydrogen-bond acceptors (Lipinski definition) is 3. The lowest BCUT2D eigenvalue weighted by atomic mass is 9.46. The molecule has 7 rings (SSSR count). The molecule has 32 heavy (non-hydrogen) atoms. The van der Waals surface area contributed by atoms with Gasteiger partial charge in [-0.3, -0.25) is 14.4 Å². The fourth-order valence-electron chi connectivity index (χ4n) is 6.51. The molecule has 4 nitrogen and oxygen atoms in total. The maximum Gasteiger partial charge on any atom is 0.239 e. The Morgan fingerprint density at radius 1 is 0.844 bits per heavy atom. The second kappa shape index (κ2) is 6.49. The van der Waals surface area contributed by atoms with E-state index in [0.717, 1.165) is 34.2 Å². The van der Waals surface area contributed by atoms with Crippen LogP contribution in [0.4, 0.5) is 5.69 Å². The van der Waals surface area contributed by atoms with Gasteiger partial charge >= 0.3 is 0 Å². The Morgan fingerprint density at radius 3 is 1.94 bits per heavy atom. The molecule has 1 saturated heterocycles. The average molecular weight is 421 g/mol. The maximum absolute atomic E-state index is 14.0. The number of ketones is 1. The van der Waals surface area contributed by atoms with E-state index >= 15 is 0 Å². The molecule has 1 heterocycles. The van der Waals surface area contributed by atoms with E-state index in [1.807, 2.05) is 72.8 Å². The Morgan fingerprint density at radius 2 is 1.41 bits per heavy atom. The van der Waals surface area contributed by atoms with Crippen molar-refractivity contribution < 1.29 is 14.4 Å². The van der Waals surface area contributed by atoms with Gasteiger partial charge in [0.25, 0.3) is 0 Å². The third-order valence-electron chi connectivity index (χ3n) is 7.78. The molecule has 3 aromatic rings. The highest BCUT2D eigenvalue weighted by Crippen LogP contribution is 2.64. The van der Waals surface area contributed by atoms with Gasteiger partial charge in [0.1, 0.15) is 5.78 Å². The van der Waals surface area contributed by atoms with Gasteiger partial charge in [-0.05, 0) is 53.3 Å². The fourth-order valence-corrected chi connectivity index (χ4v) is 6.51. The number of rotatable bonds is 3. The first-order valence-corrected chi connectivity index (χ1v) is 11.2. The van der Waals surface area contributed by atoms with Crippen LogP contribution in [0, 0.1) is 11.8 Å². The number of anilines is 1. The van der Waals surface area contributed by atoms with Crippen molar-refractivity contribution in [2.24, 2.45) is 11.8 Å². The molecule has 1 fully saturated rings. The van der Waals surface area contributed by atoms with Gasteiger partial charge in [-0.25, -0.2) is 4.90 Å². The first kappa shape index (κ1) is 19.2. The quantitative estimate of drug-likeness (QED) is 0.590. The van der Waals surface area contributed by atoms with Crippen LogP contribution in [-0.2, 0) is 26.2 Å². The molecule has 3 aliphatic carbocycles. The minimum absolute atomic E-state index is 0.0881. The summed E-state index contributed by atoms with van der Waals surface area (Å²) in [7, 11) is 0. The van der Waals surface area contributed by atoms with Gasteiger partial charge in [-0.15, -0.1) is 0 Å². The van der Waals surface area contributed by atoms with E-state index in [0.29, 0.717) is 5.69 Å². The van der Waals surface area contributed by atoms with Crippen LogP contribution in [0.1, 0.15) is 47.6 Å². The van der Waals surface area contributed by atoms with Crippen LogP contribution in [0.2, 0.25) is 0 Å². The Balaban J connectivity index is 1.63. The normalized spacial score (nSPS) is 27.2. The molecule has 3 aromatic carbocycles. The van der Waals surface area contributed by atoms with Gasteiger partial charge in [0, 0.05) is 5.92 Å². The molecular formula is C28H23NO3. The third kappa shape index (κ3) is 2.10. The predicted octanol–water partition coefficient (Wildman–Crippen LogP) is 4.39. The summed E-state index contributed by atoms with van der Waals surface area (Å²) in [6, 6.07) is 23.3. The van der Waals surface area contributed by atoms with Crippen LogP contribution in [-0.4, -0.2) is 17.6 Å². The molecule has 0 spiro atoms. The Bertz CT molecular complexity index is 1260. The lowest BCUT2D eigenvalue weighted by Crippen LogP contribution is -2.57. The largest absolute Gasteiger partial charge is 0.299 e. The number of benzene rings is 3. The minimum Gasteiger partial charge on any atom is -0.299 e. The highest BCUT2D eigenvalue weighted by Gasteiger charge is 2.69. The number of amides is 2. The predicted molar refractivity (Wildman–Crippen MR) is 121 cm³/mol. The van der Waals surface area contributed by atoms with Crippen LogP contribution in [0.3, 0.4) is 0 Å². The molecule has 2 amide bonds. The van der Waals surface area contributed by atoms with E-state index in [9.17, 15) is 14.4 Å². The standard InChI is InChI=1S/C28H23NO3/c1-3-17-12-14-18(15-13-17)29-26(31)24-23-19-8-4-6-10-21(19)28(16(2)30,25(24)27(29)32)22-11-7-5-9-20(22)23/h4-15,23-25H,3H2,1-2H3/t23?,24-,25+,28?/m0/s1. The zero-order chi connectivity index (χ0) is 22.2. The molecular weight excluding hydrogens is 398 g/mol. The number of hydrogen-bond donors (Lipinski definition) is 0. The van der Waals surface area contributed by atoms with Crippen LogP contribution in [0.15, 0.2) is 72.8 Å². The molecule has 0 aromatic heterocycles. The second-order valence-corrected chi connectivity index (χ2v) is 9.05. The number of nitrogens with zero attached hydrogens (tertiary/aromatic N) is 1. The first-order valence-electron chi connectivity index (χ1n) is 11.2. The number of imide groups is 1. The van der Waals surface area contributed by atoms with Crippen molar-refractivity contribution in [3.8, 4) is 0 Å². The highest BCUT2D eigenvalue weighted by molar-refractivity contribution is 6.25. The molecule has 158 valence electrons. The van der Waals surface area contributed by atoms with E-state index in [2.05, 4.69) is 6.92 Å². The number of aryl methyl sites for hydroxylation is 1. The topological polar surface area (TPSA) is 54.5 Å².